The quantitative estimate of drug-likeness (QED) is 0.822. The SMILES string of the molecule is CC(=O)c1cccc(C#N)c1.CC1CCCN1C[C@@H](N)c1cccc(C#N)c1. The summed E-state index contributed by atoms with van der Waals surface area (Å²) in [6.45, 7) is 5.77. The third kappa shape index (κ3) is 6.03. The van der Waals surface area contributed by atoms with Crippen LogP contribution < -0.4 is 5.73 Å². The van der Waals surface area contributed by atoms with Crippen LogP contribution >= 0.6 is 0 Å². The lowest BCUT2D eigenvalue weighted by atomic mass is 10.0. The van der Waals surface area contributed by atoms with E-state index in [9.17, 15) is 4.79 Å². The van der Waals surface area contributed by atoms with Crippen molar-refractivity contribution in [2.75, 3.05) is 13.1 Å². The van der Waals surface area contributed by atoms with Crippen LogP contribution in [0.4, 0.5) is 0 Å². The molecule has 2 atom stereocenters. The first-order chi connectivity index (χ1) is 13.4. The molecule has 0 bridgehead atoms. The van der Waals surface area contributed by atoms with Gasteiger partial charge in [-0.05, 0) is 63.1 Å². The van der Waals surface area contributed by atoms with Gasteiger partial charge in [-0.1, -0.05) is 24.3 Å². The van der Waals surface area contributed by atoms with Crippen LogP contribution in [0.15, 0.2) is 48.5 Å². The monoisotopic (exact) mass is 374 g/mol. The molecule has 1 aliphatic heterocycles. The molecule has 5 nitrogen and oxygen atoms in total. The van der Waals surface area contributed by atoms with Gasteiger partial charge in [0, 0.05) is 24.2 Å². The molecule has 0 radical (unpaired) electrons. The van der Waals surface area contributed by atoms with Gasteiger partial charge in [-0.25, -0.2) is 0 Å². The number of nitriles is 2. The minimum absolute atomic E-state index is 0.00356. The third-order valence-corrected chi connectivity index (χ3v) is 4.96. The van der Waals surface area contributed by atoms with Crippen molar-refractivity contribution in [1.82, 2.24) is 4.90 Å². The number of nitrogens with zero attached hydrogens (tertiary/aromatic N) is 3. The van der Waals surface area contributed by atoms with E-state index in [4.69, 9.17) is 16.3 Å². The Morgan fingerprint density at radius 1 is 1.18 bits per heavy atom. The minimum atomic E-state index is -0.0119. The number of likely N-dealkylation sites (tertiary alicyclic amines) is 1. The predicted molar refractivity (Wildman–Crippen MR) is 110 cm³/mol. The summed E-state index contributed by atoms with van der Waals surface area (Å²) in [7, 11) is 0. The van der Waals surface area contributed by atoms with Gasteiger partial charge in [-0.15, -0.1) is 0 Å². The molecule has 2 aromatic carbocycles. The van der Waals surface area contributed by atoms with Crippen molar-refractivity contribution < 1.29 is 4.79 Å². The third-order valence-electron chi connectivity index (χ3n) is 4.96. The predicted octanol–water partition coefficient (Wildman–Crippen LogP) is 3.80. The van der Waals surface area contributed by atoms with Crippen molar-refractivity contribution in [3.8, 4) is 12.1 Å². The van der Waals surface area contributed by atoms with E-state index >= 15 is 0 Å². The molecule has 3 rings (SSSR count). The van der Waals surface area contributed by atoms with Crippen molar-refractivity contribution in [3.63, 3.8) is 0 Å². The second kappa shape index (κ2) is 10.4. The molecule has 0 amide bonds. The Hall–Kier alpha value is -2.99. The number of nitrogens with two attached hydrogens (primary N) is 1. The largest absolute Gasteiger partial charge is 0.323 e. The highest BCUT2D eigenvalue weighted by molar-refractivity contribution is 5.94. The number of hydrogen-bond acceptors (Lipinski definition) is 5. The first kappa shape index (κ1) is 21.3. The van der Waals surface area contributed by atoms with Crippen LogP contribution in [-0.2, 0) is 0 Å². The smallest absolute Gasteiger partial charge is 0.159 e. The Bertz CT molecular complexity index is 894. The molecule has 0 saturated carbocycles. The number of carbonyl (C=O) groups is 1. The Balaban J connectivity index is 0.000000221. The molecular weight excluding hydrogens is 348 g/mol. The summed E-state index contributed by atoms with van der Waals surface area (Å²) < 4.78 is 0. The average molecular weight is 374 g/mol. The molecule has 1 heterocycles. The number of hydrogen-bond donors (Lipinski definition) is 1. The van der Waals surface area contributed by atoms with Gasteiger partial charge in [-0.3, -0.25) is 9.69 Å². The molecule has 2 N–H and O–H groups in total. The van der Waals surface area contributed by atoms with Gasteiger partial charge in [-0.2, -0.15) is 10.5 Å². The van der Waals surface area contributed by atoms with Gasteiger partial charge in [0.05, 0.1) is 23.3 Å². The lowest BCUT2D eigenvalue weighted by Gasteiger charge is -2.25. The topological polar surface area (TPSA) is 93.9 Å². The van der Waals surface area contributed by atoms with E-state index in [0.717, 1.165) is 18.7 Å². The molecular formula is C23H26N4O. The van der Waals surface area contributed by atoms with E-state index in [-0.39, 0.29) is 11.8 Å². The van der Waals surface area contributed by atoms with Gasteiger partial charge in [0.2, 0.25) is 0 Å². The van der Waals surface area contributed by atoms with E-state index in [1.165, 1.54) is 19.8 Å². The maximum Gasteiger partial charge on any atom is 0.159 e. The normalized spacial score (nSPS) is 17.0. The fraction of sp³-hybridized carbons (Fsp3) is 0.348. The van der Waals surface area contributed by atoms with E-state index < -0.39 is 0 Å². The van der Waals surface area contributed by atoms with Crippen LogP contribution in [0.5, 0.6) is 0 Å². The van der Waals surface area contributed by atoms with Crippen molar-refractivity contribution >= 4 is 5.78 Å². The van der Waals surface area contributed by atoms with Gasteiger partial charge < -0.3 is 5.73 Å². The second-order valence-electron chi connectivity index (χ2n) is 7.08. The zero-order chi connectivity index (χ0) is 20.5. The molecule has 1 aliphatic rings. The maximum atomic E-state index is 10.8. The van der Waals surface area contributed by atoms with E-state index in [2.05, 4.69) is 17.9 Å². The van der Waals surface area contributed by atoms with Crippen LogP contribution in [0.25, 0.3) is 0 Å². The van der Waals surface area contributed by atoms with Gasteiger partial charge in [0.15, 0.2) is 5.78 Å². The number of carbonyl (C=O) groups excluding carboxylic acids is 1. The first-order valence-electron chi connectivity index (χ1n) is 9.45. The summed E-state index contributed by atoms with van der Waals surface area (Å²) in [6, 6.07) is 19.0. The summed E-state index contributed by atoms with van der Waals surface area (Å²) in [5.74, 6) is -0.0119. The van der Waals surface area contributed by atoms with Gasteiger partial charge in [0.1, 0.15) is 0 Å². The second-order valence-corrected chi connectivity index (χ2v) is 7.08. The fourth-order valence-electron chi connectivity index (χ4n) is 3.27. The summed E-state index contributed by atoms with van der Waals surface area (Å²) in [4.78, 5) is 13.2. The molecule has 1 fully saturated rings. The highest BCUT2D eigenvalue weighted by Gasteiger charge is 2.22. The molecule has 0 aromatic heterocycles. The van der Waals surface area contributed by atoms with Crippen molar-refractivity contribution in [3.05, 3.63) is 70.8 Å². The van der Waals surface area contributed by atoms with Crippen LogP contribution in [-0.4, -0.2) is 29.8 Å². The minimum Gasteiger partial charge on any atom is -0.323 e. The zero-order valence-electron chi connectivity index (χ0n) is 16.4. The highest BCUT2D eigenvalue weighted by atomic mass is 16.1. The zero-order valence-corrected chi connectivity index (χ0v) is 16.4. The number of rotatable bonds is 4. The van der Waals surface area contributed by atoms with Gasteiger partial charge in [0.25, 0.3) is 0 Å². The lowest BCUT2D eigenvalue weighted by molar-refractivity contribution is 0.101. The molecule has 1 unspecified atom stereocenters. The fourth-order valence-corrected chi connectivity index (χ4v) is 3.27. The molecule has 1 saturated heterocycles. The van der Waals surface area contributed by atoms with E-state index in [1.54, 1.807) is 24.3 Å². The maximum absolute atomic E-state index is 10.8. The Morgan fingerprint density at radius 2 is 1.82 bits per heavy atom. The molecule has 0 spiro atoms. The molecule has 0 aliphatic carbocycles. The first-order valence-corrected chi connectivity index (χ1v) is 9.45. The summed E-state index contributed by atoms with van der Waals surface area (Å²) in [5, 5.41) is 17.4. The number of Topliss-reactive ketones (excluding diaryl/α,β-unsaturated/α-hetero) is 1. The van der Waals surface area contributed by atoms with Crippen molar-refractivity contribution in [2.24, 2.45) is 5.73 Å². The standard InChI is InChI=1S/C14H19N3.C9H7NO/c1-11-4-3-7-17(11)10-14(16)13-6-2-5-12(8-13)9-15;1-7(11)9-4-2-3-8(5-9)6-10/h2,5-6,8,11,14H,3-4,7,10,16H2,1H3;2-5H,1H3/t11?,14-;/m1./s1. The molecule has 2 aromatic rings. The Kier molecular flexibility index (Phi) is 7.89. The molecule has 28 heavy (non-hydrogen) atoms. The summed E-state index contributed by atoms with van der Waals surface area (Å²) in [5.41, 5.74) is 9.07. The van der Waals surface area contributed by atoms with Crippen LogP contribution in [0, 0.1) is 22.7 Å². The van der Waals surface area contributed by atoms with E-state index in [0.29, 0.717) is 22.7 Å². The van der Waals surface area contributed by atoms with Gasteiger partial charge >= 0.3 is 0 Å². The lowest BCUT2D eigenvalue weighted by Crippen LogP contribution is -2.34. The van der Waals surface area contributed by atoms with Crippen LogP contribution in [0.2, 0.25) is 0 Å². The Morgan fingerprint density at radius 3 is 2.39 bits per heavy atom. The van der Waals surface area contributed by atoms with Crippen LogP contribution in [0.1, 0.15) is 59.8 Å². The molecule has 5 heteroatoms. The number of ketones is 1. The summed E-state index contributed by atoms with van der Waals surface area (Å²) in [6.07, 6.45) is 2.54. The van der Waals surface area contributed by atoms with E-state index in [1.807, 2.05) is 30.3 Å². The molecule has 144 valence electrons. The van der Waals surface area contributed by atoms with Crippen molar-refractivity contribution in [2.45, 2.75) is 38.8 Å². The average Bonchev–Trinajstić information content (AvgIpc) is 3.13. The summed E-state index contributed by atoms with van der Waals surface area (Å²) >= 11 is 0. The van der Waals surface area contributed by atoms with Crippen molar-refractivity contribution in [1.29, 1.82) is 10.5 Å². The highest BCUT2D eigenvalue weighted by Crippen LogP contribution is 2.20. The number of benzene rings is 2. The van der Waals surface area contributed by atoms with Crippen LogP contribution in [0.3, 0.4) is 0 Å². The Labute approximate surface area is 167 Å².